The number of fused-ring (bicyclic) bond motifs is 2. The van der Waals surface area contributed by atoms with Gasteiger partial charge in [0.25, 0.3) is 0 Å². The summed E-state index contributed by atoms with van der Waals surface area (Å²) in [7, 11) is 0. The Morgan fingerprint density at radius 3 is 1.95 bits per heavy atom. The van der Waals surface area contributed by atoms with E-state index in [0.29, 0.717) is 22.3 Å². The molecule has 2 fully saturated rings. The summed E-state index contributed by atoms with van der Waals surface area (Å²) in [6.45, 7) is -0.838. The summed E-state index contributed by atoms with van der Waals surface area (Å²) in [4.78, 5) is 24.4. The van der Waals surface area contributed by atoms with Crippen LogP contribution in [0.4, 0.5) is 11.6 Å². The van der Waals surface area contributed by atoms with Crippen LogP contribution in [-0.2, 0) is 30.3 Å². The van der Waals surface area contributed by atoms with E-state index < -0.39 is 61.4 Å². The summed E-state index contributed by atoms with van der Waals surface area (Å²) in [6.07, 6.45) is -4.19. The van der Waals surface area contributed by atoms with Crippen molar-refractivity contribution in [1.29, 1.82) is 0 Å². The minimum atomic E-state index is -3.44. The molecule has 41 heavy (non-hydrogen) atoms. The fraction of sp³-hybridized carbons (Fsp3) is 0.500. The molecular weight excluding hydrogens is 603 g/mol. The molecule has 8 N–H and O–H groups in total. The molecule has 6 heterocycles. The van der Waals surface area contributed by atoms with Gasteiger partial charge in [-0.3, -0.25) is 9.13 Å². The van der Waals surface area contributed by atoms with Crippen LogP contribution in [0.15, 0.2) is 25.3 Å². The first kappa shape index (κ1) is 28.5. The van der Waals surface area contributed by atoms with Gasteiger partial charge in [-0.25, -0.2) is 29.9 Å². The predicted molar refractivity (Wildman–Crippen MR) is 146 cm³/mol. The van der Waals surface area contributed by atoms with Crippen LogP contribution in [0.2, 0.25) is 0 Å². The number of aliphatic hydroxyl groups is 4. The van der Waals surface area contributed by atoms with Gasteiger partial charge in [-0.2, -0.15) is 0 Å². The summed E-state index contributed by atoms with van der Waals surface area (Å²) in [5.41, 5.74) is 9.47. The van der Waals surface area contributed by atoms with Crippen molar-refractivity contribution in [3.05, 3.63) is 25.3 Å². The molecule has 0 saturated carbocycles. The Morgan fingerprint density at radius 1 is 0.854 bits per heavy atom. The molecule has 4 aromatic rings. The predicted octanol–water partition coefficient (Wildman–Crippen LogP) is -1.74. The molecule has 0 aromatic carbocycles. The second kappa shape index (κ2) is 10.9. The molecule has 0 spiro atoms. The smallest absolute Gasteiger partial charge is 0.244 e. The summed E-state index contributed by atoms with van der Waals surface area (Å²) in [6, 6.07) is 0. The molecular formula is C20H25N10O8PS2. The lowest BCUT2D eigenvalue weighted by molar-refractivity contribution is -0.0521. The van der Waals surface area contributed by atoms with Gasteiger partial charge in [-0.05, 0) is 11.8 Å². The number of nitrogens with two attached hydrogens (primary N) is 2. The molecule has 21 heteroatoms. The van der Waals surface area contributed by atoms with Crippen LogP contribution in [0.5, 0.6) is 0 Å². The van der Waals surface area contributed by atoms with E-state index in [0.717, 1.165) is 0 Å². The molecule has 9 atom stereocenters. The maximum atomic E-state index is 11.1. The Labute approximate surface area is 240 Å². The highest BCUT2D eigenvalue weighted by atomic mass is 32.9. The molecule has 9 unspecified atom stereocenters. The van der Waals surface area contributed by atoms with Gasteiger partial charge < -0.3 is 50.4 Å². The molecule has 0 bridgehead atoms. The van der Waals surface area contributed by atoms with E-state index in [1.807, 2.05) is 0 Å². The molecule has 0 radical (unpaired) electrons. The molecule has 6 rings (SSSR count). The normalized spacial score (nSPS) is 31.7. The van der Waals surface area contributed by atoms with Gasteiger partial charge in [0.1, 0.15) is 60.3 Å². The van der Waals surface area contributed by atoms with Crippen molar-refractivity contribution in [3.8, 4) is 0 Å². The van der Waals surface area contributed by atoms with E-state index >= 15 is 0 Å². The number of aromatic nitrogens is 8. The monoisotopic (exact) mass is 628 g/mol. The first-order valence-corrected chi connectivity index (χ1v) is 15.9. The van der Waals surface area contributed by atoms with Crippen molar-refractivity contribution >= 4 is 63.7 Å². The van der Waals surface area contributed by atoms with Crippen molar-refractivity contribution < 1.29 is 38.9 Å². The van der Waals surface area contributed by atoms with E-state index in [1.54, 1.807) is 0 Å². The lowest BCUT2D eigenvalue weighted by Gasteiger charge is -2.26. The van der Waals surface area contributed by atoms with Gasteiger partial charge in [-0.1, -0.05) is 12.2 Å². The van der Waals surface area contributed by atoms with Gasteiger partial charge >= 0.3 is 0 Å². The number of rotatable bonds is 8. The molecule has 0 aliphatic carbocycles. The van der Waals surface area contributed by atoms with Gasteiger partial charge in [0.05, 0.1) is 25.9 Å². The summed E-state index contributed by atoms with van der Waals surface area (Å²) in [5, 5.41) is 42.3. The van der Waals surface area contributed by atoms with E-state index in [1.165, 1.54) is 34.4 Å². The van der Waals surface area contributed by atoms with Crippen LogP contribution in [0.25, 0.3) is 22.3 Å². The van der Waals surface area contributed by atoms with E-state index in [4.69, 9.17) is 41.8 Å². The fourth-order valence-corrected chi connectivity index (χ4v) is 6.76. The van der Waals surface area contributed by atoms with Crippen LogP contribution >= 0.6 is 17.9 Å². The quantitative estimate of drug-likeness (QED) is 0.0843. The second-order valence-corrected chi connectivity index (χ2v) is 14.5. The highest BCUT2D eigenvalue weighted by molar-refractivity contribution is 8.60. The highest BCUT2D eigenvalue weighted by Gasteiger charge is 2.49. The summed E-state index contributed by atoms with van der Waals surface area (Å²) >= 11 is 9.79. The molecule has 2 aliphatic heterocycles. The second-order valence-electron chi connectivity index (χ2n) is 9.28. The minimum absolute atomic E-state index is 0.148. The number of nitrogens with zero attached hydrogens (tertiary/aromatic N) is 8. The van der Waals surface area contributed by atoms with E-state index in [-0.39, 0.29) is 18.2 Å². The van der Waals surface area contributed by atoms with Gasteiger partial charge in [0, 0.05) is 0 Å². The van der Waals surface area contributed by atoms with Crippen molar-refractivity contribution in [2.45, 2.75) is 49.1 Å². The maximum absolute atomic E-state index is 11.1. The number of nitrogen functional groups attached to an aromatic ring is 2. The van der Waals surface area contributed by atoms with Crippen LogP contribution in [-0.4, -0.2) is 109 Å². The number of ether oxygens (including phenoxy) is 2. The standard InChI is InChI=1S/C20H25N10O8PS2/c21-15-9-17(25-3-23-15)29(5-27-9)19-12(33)11(32)8(37-19)2-35-39(40,41)38-14-7(1-31)36-20(13(14)34)30-6-28-10-16(22)24-4-26-18(10)30/h3-8,11-14,19-20,31-34H,1-2H2,(H,40,41)(H2,21,23,25)(H2,22,24,26). The van der Waals surface area contributed by atoms with Crippen LogP contribution in [0, 0.1) is 0 Å². The fourth-order valence-electron chi connectivity index (χ4n) is 4.79. The zero-order chi connectivity index (χ0) is 29.1. The van der Waals surface area contributed by atoms with E-state index in [2.05, 4.69) is 42.2 Å². The third kappa shape index (κ3) is 5.04. The zero-order valence-corrected chi connectivity index (χ0v) is 23.4. The van der Waals surface area contributed by atoms with Crippen LogP contribution < -0.4 is 11.5 Å². The minimum Gasteiger partial charge on any atom is -0.394 e. The Bertz CT molecular complexity index is 1630. The summed E-state index contributed by atoms with van der Waals surface area (Å²) in [5.74, 6) is 0.295. The largest absolute Gasteiger partial charge is 0.394 e. The summed E-state index contributed by atoms with van der Waals surface area (Å²) < 4.78 is 26.1. The third-order valence-electron chi connectivity index (χ3n) is 6.81. The molecule has 18 nitrogen and oxygen atoms in total. The highest BCUT2D eigenvalue weighted by Crippen LogP contribution is 2.57. The van der Waals surface area contributed by atoms with Gasteiger partial charge in [0.2, 0.25) is 5.69 Å². The maximum Gasteiger partial charge on any atom is 0.244 e. The van der Waals surface area contributed by atoms with Crippen molar-refractivity contribution in [2.24, 2.45) is 0 Å². The number of hydrogen-bond acceptors (Lipinski definition) is 17. The Morgan fingerprint density at radius 2 is 1.39 bits per heavy atom. The Hall–Kier alpha value is -2.62. The average Bonchev–Trinajstić information content (AvgIpc) is 3.70. The number of anilines is 2. The van der Waals surface area contributed by atoms with Crippen molar-refractivity contribution in [1.82, 2.24) is 39.0 Å². The van der Waals surface area contributed by atoms with Crippen LogP contribution in [0.1, 0.15) is 12.5 Å². The number of hydrogen-bond donors (Lipinski definition) is 7. The lowest BCUT2D eigenvalue weighted by Crippen LogP contribution is -2.36. The van der Waals surface area contributed by atoms with Crippen molar-refractivity contribution in [2.75, 3.05) is 24.7 Å². The number of thiol groups is 1. The van der Waals surface area contributed by atoms with Crippen molar-refractivity contribution in [3.63, 3.8) is 0 Å². The Kier molecular flexibility index (Phi) is 7.57. The molecule has 220 valence electrons. The number of imidazole rings is 2. The zero-order valence-electron chi connectivity index (χ0n) is 20.8. The van der Waals surface area contributed by atoms with Gasteiger partial charge in [-0.15, -0.1) is 0 Å². The first-order chi connectivity index (χ1) is 19.6. The SMILES string of the molecule is Nc1ncnc2c1ncn2C1OC(COP(=S)(S)OC2C(CO)OC(n3cnc4c(N)ncnc43)C2O)C(O)C1O. The molecule has 4 aromatic heterocycles. The molecule has 2 aliphatic rings. The number of aliphatic hydroxyl groups excluding tert-OH is 4. The third-order valence-corrected chi connectivity index (χ3v) is 8.99. The molecule has 0 amide bonds. The van der Waals surface area contributed by atoms with Crippen LogP contribution in [0.3, 0.4) is 0 Å². The first-order valence-electron chi connectivity index (χ1n) is 12.1. The molecule has 2 saturated heterocycles. The topological polar surface area (TPSA) is 257 Å². The van der Waals surface area contributed by atoms with Gasteiger partial charge in [0.15, 0.2) is 35.4 Å². The Balaban J connectivity index is 1.14. The van der Waals surface area contributed by atoms with E-state index in [9.17, 15) is 20.4 Å². The lowest BCUT2D eigenvalue weighted by atomic mass is 10.1. The average molecular weight is 629 g/mol.